The summed E-state index contributed by atoms with van der Waals surface area (Å²) in [5.41, 5.74) is 3.43. The zero-order chi connectivity index (χ0) is 22.9. The highest BCUT2D eigenvalue weighted by atomic mass is 16.5. The van der Waals surface area contributed by atoms with Crippen LogP contribution in [0.3, 0.4) is 0 Å². The van der Waals surface area contributed by atoms with Gasteiger partial charge in [-0.2, -0.15) is 26.1 Å². The second kappa shape index (κ2) is 7.99. The molecule has 0 fully saturated rings. The molecule has 1 aromatic heterocycles. The second-order valence-electron chi connectivity index (χ2n) is 6.94. The van der Waals surface area contributed by atoms with Gasteiger partial charge in [-0.3, -0.25) is 4.68 Å². The Labute approximate surface area is 178 Å². The van der Waals surface area contributed by atoms with Gasteiger partial charge >= 0.3 is 5.97 Å². The number of carbonyl (C=O) groups is 1. The van der Waals surface area contributed by atoms with E-state index in [0.717, 1.165) is 16.7 Å². The zero-order valence-electron chi connectivity index (χ0n) is 17.4. The molecule has 0 unspecified atom stereocenters. The molecular formula is C23H16N6O2. The molecule has 0 atom stereocenters. The van der Waals surface area contributed by atoms with Crippen LogP contribution in [0, 0.1) is 66.1 Å². The first-order valence-corrected chi connectivity index (χ1v) is 9.19. The van der Waals surface area contributed by atoms with E-state index in [4.69, 9.17) is 4.74 Å². The summed E-state index contributed by atoms with van der Waals surface area (Å²) >= 11 is 0. The molecule has 8 heteroatoms. The molecule has 31 heavy (non-hydrogen) atoms. The van der Waals surface area contributed by atoms with E-state index in [1.54, 1.807) is 17.7 Å². The van der Waals surface area contributed by atoms with Crippen LogP contribution in [-0.2, 0) is 11.3 Å². The molecule has 0 amide bonds. The molecule has 8 nitrogen and oxygen atoms in total. The lowest BCUT2D eigenvalue weighted by Gasteiger charge is -2.14. The number of hydrogen-bond acceptors (Lipinski definition) is 7. The van der Waals surface area contributed by atoms with Crippen molar-refractivity contribution in [1.82, 2.24) is 9.78 Å². The Morgan fingerprint density at radius 2 is 1.55 bits per heavy atom. The highest BCUT2D eigenvalue weighted by Gasteiger charge is 2.25. The lowest BCUT2D eigenvalue weighted by atomic mass is 9.93. The topological polar surface area (TPSA) is 139 Å². The second-order valence-corrected chi connectivity index (χ2v) is 6.94. The molecule has 0 N–H and O–H groups in total. The molecule has 0 radical (unpaired) electrons. The van der Waals surface area contributed by atoms with Gasteiger partial charge in [0, 0.05) is 11.1 Å². The maximum absolute atomic E-state index is 12.1. The van der Waals surface area contributed by atoms with E-state index in [2.05, 4.69) is 5.10 Å². The maximum Gasteiger partial charge on any atom is 0.338 e. The van der Waals surface area contributed by atoms with Crippen LogP contribution in [0.1, 0.15) is 55.0 Å². The Bertz CT molecular complexity index is 1440. The third kappa shape index (κ3) is 3.14. The summed E-state index contributed by atoms with van der Waals surface area (Å²) in [5, 5.41) is 43.2. The van der Waals surface area contributed by atoms with Crippen LogP contribution in [0.5, 0.6) is 0 Å². The van der Waals surface area contributed by atoms with E-state index < -0.39 is 5.97 Å². The molecule has 3 rings (SSSR count). The van der Waals surface area contributed by atoms with Crippen molar-refractivity contribution >= 4 is 16.9 Å². The van der Waals surface area contributed by atoms with Gasteiger partial charge in [-0.15, -0.1) is 0 Å². The van der Waals surface area contributed by atoms with Crippen molar-refractivity contribution in [2.45, 2.75) is 27.3 Å². The van der Waals surface area contributed by atoms with Crippen molar-refractivity contribution in [2.75, 3.05) is 7.11 Å². The number of methoxy groups -OCH3 is 1. The number of carbonyl (C=O) groups excluding carboxylic acids is 1. The Morgan fingerprint density at radius 1 is 0.968 bits per heavy atom. The predicted octanol–water partition coefficient (Wildman–Crippen LogP) is 3.28. The molecule has 0 aliphatic rings. The monoisotopic (exact) mass is 408 g/mol. The van der Waals surface area contributed by atoms with Gasteiger partial charge < -0.3 is 4.74 Å². The fourth-order valence-electron chi connectivity index (χ4n) is 3.73. The first kappa shape index (κ1) is 21.1. The van der Waals surface area contributed by atoms with Gasteiger partial charge in [0.15, 0.2) is 0 Å². The van der Waals surface area contributed by atoms with E-state index in [9.17, 15) is 25.8 Å². The van der Waals surface area contributed by atoms with Gasteiger partial charge in [-0.25, -0.2) is 4.79 Å². The highest BCUT2D eigenvalue weighted by molar-refractivity contribution is 5.96. The van der Waals surface area contributed by atoms with Crippen molar-refractivity contribution in [3.8, 4) is 24.3 Å². The lowest BCUT2D eigenvalue weighted by Crippen LogP contribution is -2.11. The molecule has 0 saturated heterocycles. The normalized spacial score (nSPS) is 10.1. The van der Waals surface area contributed by atoms with Crippen molar-refractivity contribution in [3.63, 3.8) is 0 Å². The van der Waals surface area contributed by atoms with Crippen LogP contribution in [0.2, 0.25) is 0 Å². The fraction of sp³-hybridized carbons (Fsp3) is 0.217. The molecule has 0 spiro atoms. The molecule has 0 bridgehead atoms. The molecule has 0 saturated carbocycles. The number of nitrogens with zero attached hydrogens (tertiary/aromatic N) is 6. The summed E-state index contributed by atoms with van der Waals surface area (Å²) in [6.07, 6.45) is 0. The fourth-order valence-corrected chi connectivity index (χ4v) is 3.73. The smallest absolute Gasteiger partial charge is 0.338 e. The Kier molecular flexibility index (Phi) is 5.43. The van der Waals surface area contributed by atoms with Crippen molar-refractivity contribution in [3.05, 3.63) is 62.3 Å². The van der Waals surface area contributed by atoms with Gasteiger partial charge in [0.1, 0.15) is 29.8 Å². The minimum atomic E-state index is -0.447. The number of rotatable bonds is 3. The van der Waals surface area contributed by atoms with Crippen LogP contribution in [-0.4, -0.2) is 22.9 Å². The number of benzene rings is 2. The third-order valence-electron chi connectivity index (χ3n) is 5.44. The summed E-state index contributed by atoms with van der Waals surface area (Å²) in [6, 6.07) is 11.2. The molecule has 150 valence electrons. The number of hydrogen-bond donors (Lipinski definition) is 0. The zero-order valence-corrected chi connectivity index (χ0v) is 17.4. The van der Waals surface area contributed by atoms with Gasteiger partial charge in [0.25, 0.3) is 0 Å². The molecule has 1 heterocycles. The van der Waals surface area contributed by atoms with Crippen molar-refractivity contribution in [2.24, 2.45) is 0 Å². The summed E-state index contributed by atoms with van der Waals surface area (Å²) in [7, 11) is 1.32. The number of fused-ring (bicyclic) bond motifs is 1. The van der Waals surface area contributed by atoms with E-state index in [-0.39, 0.29) is 34.3 Å². The molecule has 0 aliphatic carbocycles. The molecule has 2 aromatic carbocycles. The minimum Gasteiger partial charge on any atom is -0.465 e. The third-order valence-corrected chi connectivity index (χ3v) is 5.44. The Hall–Kier alpha value is -4.66. The number of esters is 1. The van der Waals surface area contributed by atoms with Crippen LogP contribution < -0.4 is 0 Å². The SMILES string of the molecule is COC(=O)c1ccc(C)c(Cn2nc3c(C#N)c(C#N)c(C#N)c(C#N)c3c2C)c1C. The number of nitriles is 4. The first-order valence-electron chi connectivity index (χ1n) is 9.19. The van der Waals surface area contributed by atoms with Crippen molar-refractivity contribution < 1.29 is 9.53 Å². The standard InChI is InChI=1S/C23H16N6O2/c1-12-5-6-15(23(30)31-4)13(2)20(12)11-29-14(3)21-18(9-26)16(7-24)17(8-25)19(10-27)22(21)28-29/h5-6H,11H2,1-4H3. The maximum atomic E-state index is 12.1. The largest absolute Gasteiger partial charge is 0.465 e. The van der Waals surface area contributed by atoms with E-state index in [0.29, 0.717) is 16.6 Å². The van der Waals surface area contributed by atoms with Gasteiger partial charge in [0.05, 0.1) is 41.5 Å². The summed E-state index contributed by atoms with van der Waals surface area (Å²) < 4.78 is 6.47. The number of aryl methyl sites for hydroxylation is 2. The van der Waals surface area contributed by atoms with Crippen LogP contribution in [0.4, 0.5) is 0 Å². The average molecular weight is 408 g/mol. The minimum absolute atomic E-state index is 0.0218. The highest BCUT2D eigenvalue weighted by Crippen LogP contribution is 2.32. The Morgan fingerprint density at radius 3 is 2.10 bits per heavy atom. The number of ether oxygens (including phenoxy) is 1. The van der Waals surface area contributed by atoms with Crippen LogP contribution in [0.15, 0.2) is 12.1 Å². The van der Waals surface area contributed by atoms with Gasteiger partial charge in [-0.05, 0) is 43.5 Å². The summed E-state index contributed by atoms with van der Waals surface area (Å²) in [5.74, 6) is -0.447. The van der Waals surface area contributed by atoms with Crippen LogP contribution >= 0.6 is 0 Å². The molecular weight excluding hydrogens is 392 g/mol. The first-order chi connectivity index (χ1) is 14.8. The lowest BCUT2D eigenvalue weighted by molar-refractivity contribution is 0.0599. The van der Waals surface area contributed by atoms with Gasteiger partial charge in [0.2, 0.25) is 0 Å². The predicted molar refractivity (Wildman–Crippen MR) is 110 cm³/mol. The molecule has 0 aliphatic heterocycles. The van der Waals surface area contributed by atoms with Gasteiger partial charge in [-0.1, -0.05) is 6.07 Å². The average Bonchev–Trinajstić information content (AvgIpc) is 3.09. The van der Waals surface area contributed by atoms with E-state index >= 15 is 0 Å². The summed E-state index contributed by atoms with van der Waals surface area (Å²) in [4.78, 5) is 12.1. The van der Waals surface area contributed by atoms with Crippen LogP contribution in [0.25, 0.3) is 10.9 Å². The Balaban J connectivity index is 2.34. The summed E-state index contributed by atoms with van der Waals surface area (Å²) in [6.45, 7) is 5.73. The number of aromatic nitrogens is 2. The van der Waals surface area contributed by atoms with Crippen molar-refractivity contribution in [1.29, 1.82) is 21.0 Å². The van der Waals surface area contributed by atoms with E-state index in [1.165, 1.54) is 7.11 Å². The molecule has 3 aromatic rings. The quantitative estimate of drug-likeness (QED) is 0.606. The van der Waals surface area contributed by atoms with E-state index in [1.807, 2.05) is 44.2 Å².